The zero-order valence-electron chi connectivity index (χ0n) is 9.98. The molecule has 2 aromatic rings. The molecule has 1 aromatic carbocycles. The second-order valence-electron chi connectivity index (χ2n) is 4.75. The number of rotatable bonds is 2. The summed E-state index contributed by atoms with van der Waals surface area (Å²) in [7, 11) is 0. The van der Waals surface area contributed by atoms with Gasteiger partial charge in [-0.2, -0.15) is 0 Å². The standard InChI is InChI=1S/C13H15N3O2/c17-12-10-3-1-2-4-11(10)15-13(18)16(12)8-9-5-6-14-7-9/h1-4,9,14H,5-8H2,(H,15,18). The zero-order chi connectivity index (χ0) is 12.5. The third-order valence-electron chi connectivity index (χ3n) is 3.49. The molecule has 0 aliphatic carbocycles. The van der Waals surface area contributed by atoms with E-state index >= 15 is 0 Å². The van der Waals surface area contributed by atoms with Crippen LogP contribution in [0.15, 0.2) is 33.9 Å². The maximum absolute atomic E-state index is 12.3. The van der Waals surface area contributed by atoms with Crippen molar-refractivity contribution in [3.05, 3.63) is 45.1 Å². The smallest absolute Gasteiger partial charge is 0.316 e. The molecule has 5 nitrogen and oxygen atoms in total. The van der Waals surface area contributed by atoms with Gasteiger partial charge in [-0.25, -0.2) is 4.79 Å². The number of benzene rings is 1. The topological polar surface area (TPSA) is 66.9 Å². The van der Waals surface area contributed by atoms with Gasteiger partial charge in [-0.15, -0.1) is 0 Å². The number of para-hydroxylation sites is 1. The highest BCUT2D eigenvalue weighted by Gasteiger charge is 2.17. The number of nitrogens with zero attached hydrogens (tertiary/aromatic N) is 1. The second-order valence-corrected chi connectivity index (χ2v) is 4.75. The average molecular weight is 245 g/mol. The minimum absolute atomic E-state index is 0.193. The fourth-order valence-corrected chi connectivity index (χ4v) is 2.49. The van der Waals surface area contributed by atoms with Crippen molar-refractivity contribution in [3.63, 3.8) is 0 Å². The maximum Gasteiger partial charge on any atom is 0.328 e. The van der Waals surface area contributed by atoms with E-state index in [1.54, 1.807) is 12.1 Å². The first-order valence-electron chi connectivity index (χ1n) is 6.18. The average Bonchev–Trinajstić information content (AvgIpc) is 2.87. The van der Waals surface area contributed by atoms with E-state index in [2.05, 4.69) is 10.3 Å². The van der Waals surface area contributed by atoms with Gasteiger partial charge in [0.05, 0.1) is 10.9 Å². The van der Waals surface area contributed by atoms with Gasteiger partial charge in [0.2, 0.25) is 0 Å². The summed E-state index contributed by atoms with van der Waals surface area (Å²) in [6, 6.07) is 7.11. The summed E-state index contributed by atoms with van der Waals surface area (Å²) in [6.45, 7) is 2.33. The van der Waals surface area contributed by atoms with E-state index in [4.69, 9.17) is 0 Å². The van der Waals surface area contributed by atoms with Crippen molar-refractivity contribution < 1.29 is 0 Å². The van der Waals surface area contributed by atoms with E-state index in [1.165, 1.54) is 4.57 Å². The van der Waals surface area contributed by atoms with E-state index in [0.717, 1.165) is 19.5 Å². The molecule has 0 bridgehead atoms. The molecule has 0 amide bonds. The molecule has 1 atom stereocenters. The molecular weight excluding hydrogens is 230 g/mol. The molecule has 1 saturated heterocycles. The molecule has 0 saturated carbocycles. The van der Waals surface area contributed by atoms with Crippen LogP contribution >= 0.6 is 0 Å². The van der Waals surface area contributed by atoms with E-state index in [0.29, 0.717) is 23.4 Å². The molecule has 2 N–H and O–H groups in total. The zero-order valence-corrected chi connectivity index (χ0v) is 9.98. The molecule has 3 rings (SSSR count). The van der Waals surface area contributed by atoms with Crippen molar-refractivity contribution in [3.8, 4) is 0 Å². The van der Waals surface area contributed by atoms with Crippen molar-refractivity contribution in [2.45, 2.75) is 13.0 Å². The summed E-state index contributed by atoms with van der Waals surface area (Å²) in [5.41, 5.74) is 0.0974. The lowest BCUT2D eigenvalue weighted by molar-refractivity contribution is 0.460. The van der Waals surface area contributed by atoms with Gasteiger partial charge in [0, 0.05) is 6.54 Å². The normalized spacial score (nSPS) is 19.4. The van der Waals surface area contributed by atoms with Gasteiger partial charge in [0.1, 0.15) is 0 Å². The van der Waals surface area contributed by atoms with Gasteiger partial charge in [-0.05, 0) is 37.6 Å². The molecule has 1 fully saturated rings. The molecule has 1 unspecified atom stereocenters. The Morgan fingerprint density at radius 1 is 1.28 bits per heavy atom. The van der Waals surface area contributed by atoms with Gasteiger partial charge >= 0.3 is 5.69 Å². The van der Waals surface area contributed by atoms with Crippen LogP contribution in [0, 0.1) is 5.92 Å². The van der Waals surface area contributed by atoms with E-state index in [-0.39, 0.29) is 11.2 Å². The third-order valence-corrected chi connectivity index (χ3v) is 3.49. The summed E-state index contributed by atoms with van der Waals surface area (Å²) in [5.74, 6) is 0.366. The van der Waals surface area contributed by atoms with Crippen LogP contribution < -0.4 is 16.6 Å². The van der Waals surface area contributed by atoms with Crippen LogP contribution in [0.3, 0.4) is 0 Å². The summed E-state index contributed by atoms with van der Waals surface area (Å²) < 4.78 is 1.32. The monoisotopic (exact) mass is 245 g/mol. The lowest BCUT2D eigenvalue weighted by Crippen LogP contribution is -2.37. The number of H-pyrrole nitrogens is 1. The Kier molecular flexibility index (Phi) is 2.76. The first-order valence-corrected chi connectivity index (χ1v) is 6.18. The minimum Gasteiger partial charge on any atom is -0.316 e. The second kappa shape index (κ2) is 4.42. The summed E-state index contributed by atoms with van der Waals surface area (Å²) in [5, 5.41) is 3.81. The summed E-state index contributed by atoms with van der Waals surface area (Å²) in [4.78, 5) is 26.9. The number of hydrogen-bond donors (Lipinski definition) is 2. The van der Waals surface area contributed by atoms with Crippen LogP contribution in [-0.4, -0.2) is 22.6 Å². The number of aromatic nitrogens is 2. The van der Waals surface area contributed by atoms with Gasteiger partial charge in [-0.3, -0.25) is 9.36 Å². The van der Waals surface area contributed by atoms with Crippen LogP contribution in [0.25, 0.3) is 10.9 Å². The largest absolute Gasteiger partial charge is 0.328 e. The Bertz CT molecular complexity index is 680. The van der Waals surface area contributed by atoms with Crippen molar-refractivity contribution >= 4 is 10.9 Å². The molecular formula is C13H15N3O2. The molecule has 1 aliphatic rings. The van der Waals surface area contributed by atoms with Crippen molar-refractivity contribution in [2.75, 3.05) is 13.1 Å². The van der Waals surface area contributed by atoms with Crippen LogP contribution in [0.4, 0.5) is 0 Å². The quantitative estimate of drug-likeness (QED) is 0.799. The fraction of sp³-hybridized carbons (Fsp3) is 0.385. The molecule has 0 radical (unpaired) electrons. The fourth-order valence-electron chi connectivity index (χ4n) is 2.49. The molecule has 2 heterocycles. The molecule has 1 aromatic heterocycles. The Balaban J connectivity index is 2.11. The highest BCUT2D eigenvalue weighted by molar-refractivity contribution is 5.76. The number of nitrogens with one attached hydrogen (secondary N) is 2. The SMILES string of the molecule is O=c1[nH]c2ccccc2c(=O)n1CC1CCNC1. The molecule has 1 aliphatic heterocycles. The van der Waals surface area contributed by atoms with E-state index < -0.39 is 0 Å². The van der Waals surface area contributed by atoms with E-state index in [9.17, 15) is 9.59 Å². The lowest BCUT2D eigenvalue weighted by Gasteiger charge is -2.10. The predicted octanol–water partition coefficient (Wildman–Crippen LogP) is 0.299. The van der Waals surface area contributed by atoms with Crippen LogP contribution in [0.5, 0.6) is 0 Å². The predicted molar refractivity (Wildman–Crippen MR) is 69.8 cm³/mol. The Hall–Kier alpha value is -1.88. The minimum atomic E-state index is -0.314. The highest BCUT2D eigenvalue weighted by atomic mass is 16.2. The number of aromatic amines is 1. The van der Waals surface area contributed by atoms with Crippen LogP contribution in [0.1, 0.15) is 6.42 Å². The number of fused-ring (bicyclic) bond motifs is 1. The Morgan fingerprint density at radius 3 is 2.89 bits per heavy atom. The Morgan fingerprint density at radius 2 is 2.11 bits per heavy atom. The van der Waals surface area contributed by atoms with Crippen LogP contribution in [-0.2, 0) is 6.54 Å². The van der Waals surface area contributed by atoms with Gasteiger partial charge in [-0.1, -0.05) is 12.1 Å². The van der Waals surface area contributed by atoms with Gasteiger partial charge in [0.15, 0.2) is 0 Å². The summed E-state index contributed by atoms with van der Waals surface area (Å²) >= 11 is 0. The van der Waals surface area contributed by atoms with Crippen LogP contribution in [0.2, 0.25) is 0 Å². The lowest BCUT2D eigenvalue weighted by atomic mass is 10.1. The molecule has 0 spiro atoms. The first-order chi connectivity index (χ1) is 8.75. The molecule has 94 valence electrons. The third kappa shape index (κ3) is 1.86. The molecule has 18 heavy (non-hydrogen) atoms. The van der Waals surface area contributed by atoms with E-state index in [1.807, 2.05) is 12.1 Å². The molecule has 5 heteroatoms. The van der Waals surface area contributed by atoms with Gasteiger partial charge < -0.3 is 10.3 Å². The highest BCUT2D eigenvalue weighted by Crippen LogP contribution is 2.09. The Labute approximate surface area is 103 Å². The van der Waals surface area contributed by atoms with Crippen molar-refractivity contribution in [2.24, 2.45) is 5.92 Å². The van der Waals surface area contributed by atoms with Crippen molar-refractivity contribution in [1.82, 2.24) is 14.9 Å². The van der Waals surface area contributed by atoms with Gasteiger partial charge in [0.25, 0.3) is 5.56 Å². The first kappa shape index (κ1) is 11.2. The summed E-state index contributed by atoms with van der Waals surface area (Å²) in [6.07, 6.45) is 1.01. The van der Waals surface area contributed by atoms with Crippen molar-refractivity contribution in [1.29, 1.82) is 0 Å². The number of hydrogen-bond acceptors (Lipinski definition) is 3. The maximum atomic E-state index is 12.3.